The number of pyridine rings is 1. The Bertz CT molecular complexity index is 858. The Labute approximate surface area is 153 Å². The third-order valence-electron chi connectivity index (χ3n) is 3.26. The number of nitro benzene ring substituents is 1. The molecular formula is C16H14ClN3O6. The molecule has 0 fully saturated rings. The van der Waals surface area contributed by atoms with Gasteiger partial charge in [0.25, 0.3) is 11.6 Å². The van der Waals surface area contributed by atoms with Gasteiger partial charge in [0.15, 0.2) is 6.10 Å². The van der Waals surface area contributed by atoms with E-state index in [0.29, 0.717) is 0 Å². The van der Waals surface area contributed by atoms with Crippen molar-refractivity contribution in [2.45, 2.75) is 13.0 Å². The van der Waals surface area contributed by atoms with Crippen LogP contribution in [0.2, 0.25) is 5.02 Å². The monoisotopic (exact) mass is 379 g/mol. The van der Waals surface area contributed by atoms with Crippen molar-refractivity contribution < 1.29 is 24.0 Å². The summed E-state index contributed by atoms with van der Waals surface area (Å²) in [5, 5.41) is 13.3. The van der Waals surface area contributed by atoms with E-state index < -0.39 is 22.9 Å². The first-order valence-corrected chi connectivity index (χ1v) is 7.66. The number of nitro groups is 1. The largest absolute Gasteiger partial charge is 0.480 e. The molecule has 9 nitrogen and oxygen atoms in total. The van der Waals surface area contributed by atoms with E-state index in [1.807, 2.05) is 0 Å². The fraction of sp³-hybridized carbons (Fsp3) is 0.188. The molecule has 1 heterocycles. The van der Waals surface area contributed by atoms with Crippen molar-refractivity contribution in [2.75, 3.05) is 12.4 Å². The fourth-order valence-electron chi connectivity index (χ4n) is 1.94. The molecule has 1 aromatic heterocycles. The van der Waals surface area contributed by atoms with E-state index in [1.54, 1.807) is 0 Å². The summed E-state index contributed by atoms with van der Waals surface area (Å²) >= 11 is 5.92. The number of carbonyl (C=O) groups excluding carboxylic acids is 2. The molecule has 1 aromatic carbocycles. The zero-order chi connectivity index (χ0) is 19.3. The summed E-state index contributed by atoms with van der Waals surface area (Å²) in [6, 6.07) is 6.56. The molecule has 1 N–H and O–H groups in total. The van der Waals surface area contributed by atoms with Crippen molar-refractivity contribution in [3.05, 3.63) is 57.2 Å². The van der Waals surface area contributed by atoms with Crippen LogP contribution in [-0.4, -0.2) is 35.0 Å². The lowest BCUT2D eigenvalue weighted by Gasteiger charge is -2.15. The maximum Gasteiger partial charge on any atom is 0.344 e. The molecule has 0 aliphatic carbocycles. The summed E-state index contributed by atoms with van der Waals surface area (Å²) in [5.74, 6) is -1.45. The lowest BCUT2D eigenvalue weighted by molar-refractivity contribution is -0.384. The molecule has 0 aliphatic rings. The summed E-state index contributed by atoms with van der Waals surface area (Å²) in [6.07, 6.45) is 0.249. The average molecular weight is 380 g/mol. The number of hydrogen-bond acceptors (Lipinski definition) is 7. The summed E-state index contributed by atoms with van der Waals surface area (Å²) in [4.78, 5) is 38.4. The van der Waals surface area contributed by atoms with E-state index in [1.165, 1.54) is 44.5 Å². The van der Waals surface area contributed by atoms with Gasteiger partial charge in [0.1, 0.15) is 5.56 Å². The Morgan fingerprint density at radius 3 is 2.73 bits per heavy atom. The topological polar surface area (TPSA) is 121 Å². The Morgan fingerprint density at radius 1 is 1.35 bits per heavy atom. The Hall–Kier alpha value is -3.20. The van der Waals surface area contributed by atoms with Crippen LogP contribution in [0.15, 0.2) is 36.5 Å². The van der Waals surface area contributed by atoms with Gasteiger partial charge in [-0.1, -0.05) is 11.6 Å². The number of ether oxygens (including phenoxy) is 2. The highest BCUT2D eigenvalue weighted by molar-refractivity contribution is 6.33. The lowest BCUT2D eigenvalue weighted by Crippen LogP contribution is -2.30. The van der Waals surface area contributed by atoms with Crippen LogP contribution in [-0.2, 0) is 9.53 Å². The summed E-state index contributed by atoms with van der Waals surface area (Å²) < 4.78 is 10.0. The molecule has 0 saturated heterocycles. The Morgan fingerprint density at radius 2 is 2.08 bits per heavy atom. The number of aromatic nitrogens is 1. The van der Waals surface area contributed by atoms with Crippen LogP contribution < -0.4 is 10.1 Å². The number of benzene rings is 1. The van der Waals surface area contributed by atoms with Crippen LogP contribution in [0.3, 0.4) is 0 Å². The molecule has 0 radical (unpaired) electrons. The first-order chi connectivity index (χ1) is 12.3. The molecule has 1 unspecified atom stereocenters. The number of rotatable bonds is 6. The van der Waals surface area contributed by atoms with Crippen molar-refractivity contribution >= 4 is 34.9 Å². The Kier molecular flexibility index (Phi) is 6.07. The molecule has 1 atom stereocenters. The van der Waals surface area contributed by atoms with E-state index in [4.69, 9.17) is 21.1 Å². The number of methoxy groups -OCH3 is 1. The van der Waals surface area contributed by atoms with Gasteiger partial charge in [-0.25, -0.2) is 9.78 Å². The molecule has 0 bridgehead atoms. The summed E-state index contributed by atoms with van der Waals surface area (Å²) in [5.41, 5.74) is -0.148. The molecule has 136 valence electrons. The molecule has 10 heteroatoms. The molecule has 26 heavy (non-hydrogen) atoms. The van der Waals surface area contributed by atoms with Crippen molar-refractivity contribution in [2.24, 2.45) is 0 Å². The second kappa shape index (κ2) is 8.26. The number of nitrogens with zero attached hydrogens (tertiary/aromatic N) is 2. The highest BCUT2D eigenvalue weighted by Gasteiger charge is 2.23. The second-order valence-corrected chi connectivity index (χ2v) is 5.43. The first-order valence-electron chi connectivity index (χ1n) is 7.28. The number of carbonyl (C=O) groups is 2. The van der Waals surface area contributed by atoms with E-state index in [2.05, 4.69) is 10.3 Å². The zero-order valence-corrected chi connectivity index (χ0v) is 14.5. The van der Waals surface area contributed by atoms with Gasteiger partial charge in [-0.05, 0) is 25.1 Å². The number of nitrogens with one attached hydrogen (secondary N) is 1. The minimum absolute atomic E-state index is 0.0349. The minimum Gasteiger partial charge on any atom is -0.480 e. The number of halogens is 1. The minimum atomic E-state index is -1.19. The van der Waals surface area contributed by atoms with Crippen molar-refractivity contribution in [3.8, 4) is 5.88 Å². The molecule has 2 rings (SSSR count). The predicted molar refractivity (Wildman–Crippen MR) is 92.4 cm³/mol. The van der Waals surface area contributed by atoms with Crippen LogP contribution in [0.4, 0.5) is 11.4 Å². The number of anilines is 1. The molecule has 0 saturated carbocycles. The highest BCUT2D eigenvalue weighted by atomic mass is 35.5. The maximum absolute atomic E-state index is 12.2. The van der Waals surface area contributed by atoms with Gasteiger partial charge in [0.2, 0.25) is 5.88 Å². The number of non-ortho nitro benzene ring substituents is 1. The molecule has 0 aliphatic heterocycles. The van der Waals surface area contributed by atoms with Gasteiger partial charge in [0, 0.05) is 18.3 Å². The standard InChI is InChI=1S/C16H14ClN3O6/c1-9(26-16(22)11-4-3-7-18-15(11)25-2)14(21)19-13-8-10(20(23)24)5-6-12(13)17/h3-9H,1-2H3,(H,19,21). The normalized spacial score (nSPS) is 11.3. The van der Waals surface area contributed by atoms with Crippen LogP contribution in [0.25, 0.3) is 0 Å². The van der Waals surface area contributed by atoms with Gasteiger partial charge in [0.05, 0.1) is 22.7 Å². The van der Waals surface area contributed by atoms with Crippen molar-refractivity contribution in [1.82, 2.24) is 4.98 Å². The molecule has 2 aromatic rings. The molecule has 1 amide bonds. The lowest BCUT2D eigenvalue weighted by atomic mass is 10.2. The third-order valence-corrected chi connectivity index (χ3v) is 3.59. The van der Waals surface area contributed by atoms with E-state index in [9.17, 15) is 19.7 Å². The van der Waals surface area contributed by atoms with E-state index >= 15 is 0 Å². The summed E-state index contributed by atoms with van der Waals surface area (Å²) in [7, 11) is 1.35. The van der Waals surface area contributed by atoms with Gasteiger partial charge in [-0.2, -0.15) is 0 Å². The predicted octanol–water partition coefficient (Wildman–Crippen LogP) is 2.84. The summed E-state index contributed by atoms with van der Waals surface area (Å²) in [6.45, 7) is 1.35. The molecular weight excluding hydrogens is 366 g/mol. The van der Waals surface area contributed by atoms with E-state index in [-0.39, 0.29) is 27.8 Å². The van der Waals surface area contributed by atoms with Crippen LogP contribution in [0.1, 0.15) is 17.3 Å². The average Bonchev–Trinajstić information content (AvgIpc) is 2.62. The Balaban J connectivity index is 2.09. The third kappa shape index (κ3) is 4.45. The number of amides is 1. The molecule has 0 spiro atoms. The van der Waals surface area contributed by atoms with Gasteiger partial charge >= 0.3 is 5.97 Å². The quantitative estimate of drug-likeness (QED) is 0.465. The maximum atomic E-state index is 12.2. The van der Waals surface area contributed by atoms with E-state index in [0.717, 1.165) is 6.07 Å². The van der Waals surface area contributed by atoms with Gasteiger partial charge in [-0.15, -0.1) is 0 Å². The van der Waals surface area contributed by atoms with Crippen LogP contribution >= 0.6 is 11.6 Å². The second-order valence-electron chi connectivity index (χ2n) is 5.02. The SMILES string of the molecule is COc1ncccc1C(=O)OC(C)C(=O)Nc1cc([N+](=O)[O-])ccc1Cl. The van der Waals surface area contributed by atoms with Crippen molar-refractivity contribution in [1.29, 1.82) is 0 Å². The fourth-order valence-corrected chi connectivity index (χ4v) is 2.11. The highest BCUT2D eigenvalue weighted by Crippen LogP contribution is 2.27. The van der Waals surface area contributed by atoms with Crippen molar-refractivity contribution in [3.63, 3.8) is 0 Å². The van der Waals surface area contributed by atoms with Gasteiger partial charge in [-0.3, -0.25) is 14.9 Å². The van der Waals surface area contributed by atoms with Crippen LogP contribution in [0.5, 0.6) is 5.88 Å². The number of esters is 1. The first kappa shape index (κ1) is 19.1. The number of hydrogen-bond donors (Lipinski definition) is 1. The van der Waals surface area contributed by atoms with Gasteiger partial charge < -0.3 is 14.8 Å². The smallest absolute Gasteiger partial charge is 0.344 e. The zero-order valence-electron chi connectivity index (χ0n) is 13.8. The van der Waals surface area contributed by atoms with Crippen LogP contribution in [0, 0.1) is 10.1 Å².